The zero-order chi connectivity index (χ0) is 18.5. The first-order valence-corrected chi connectivity index (χ1v) is 8.19. The van der Waals surface area contributed by atoms with Crippen LogP contribution in [0.5, 0.6) is 11.5 Å². The Bertz CT molecular complexity index is 848. The highest BCUT2D eigenvalue weighted by Gasteiger charge is 2.19. The molecule has 26 heavy (non-hydrogen) atoms. The molecule has 0 aliphatic carbocycles. The van der Waals surface area contributed by atoms with Gasteiger partial charge in [-0.1, -0.05) is 30.3 Å². The molecule has 0 spiro atoms. The van der Waals surface area contributed by atoms with E-state index in [9.17, 15) is 9.59 Å². The zero-order valence-corrected chi connectivity index (χ0v) is 14.5. The first-order valence-electron chi connectivity index (χ1n) is 7.81. The summed E-state index contributed by atoms with van der Waals surface area (Å²) in [5.41, 5.74) is 1.98. The van der Waals surface area contributed by atoms with E-state index in [-0.39, 0.29) is 19.3 Å². The molecule has 0 saturated heterocycles. The van der Waals surface area contributed by atoms with Crippen molar-refractivity contribution in [3.05, 3.63) is 70.8 Å². The Labute approximate surface area is 155 Å². The molecule has 7 heteroatoms. The number of halogens is 1. The fourth-order valence-corrected chi connectivity index (χ4v) is 2.64. The molecule has 3 rings (SSSR count). The molecule has 1 heterocycles. The molecule has 1 aliphatic rings. The van der Waals surface area contributed by atoms with Crippen LogP contribution in [0.4, 0.5) is 0 Å². The maximum absolute atomic E-state index is 12.2. The molecule has 134 valence electrons. The predicted molar refractivity (Wildman–Crippen MR) is 95.2 cm³/mol. The van der Waals surface area contributed by atoms with Crippen molar-refractivity contribution >= 4 is 23.5 Å². The Balaban J connectivity index is 1.57. The first kappa shape index (κ1) is 17.8. The molecule has 2 aromatic rings. The van der Waals surface area contributed by atoms with Gasteiger partial charge in [0.05, 0.1) is 10.6 Å². The topological polar surface area (TPSA) is 73.9 Å². The summed E-state index contributed by atoms with van der Waals surface area (Å²) in [4.78, 5) is 23.3. The van der Waals surface area contributed by atoms with Crippen LogP contribution in [0.15, 0.2) is 49.1 Å². The van der Waals surface area contributed by atoms with E-state index in [2.05, 4.69) is 11.9 Å². The van der Waals surface area contributed by atoms with Crippen LogP contribution in [-0.2, 0) is 22.7 Å². The fraction of sp³-hybridized carbons (Fsp3) is 0.158. The van der Waals surface area contributed by atoms with Gasteiger partial charge in [-0.15, -0.1) is 0 Å². The summed E-state index contributed by atoms with van der Waals surface area (Å²) < 4.78 is 15.8. The number of esters is 1. The van der Waals surface area contributed by atoms with Gasteiger partial charge in [0.2, 0.25) is 12.7 Å². The number of hydrogen-bond acceptors (Lipinski definition) is 5. The number of carbonyl (C=O) groups is 2. The number of fused-ring (bicyclic) bond motifs is 1. The second kappa shape index (κ2) is 7.93. The van der Waals surface area contributed by atoms with Gasteiger partial charge >= 0.3 is 5.97 Å². The van der Waals surface area contributed by atoms with Crippen LogP contribution < -0.4 is 14.8 Å². The van der Waals surface area contributed by atoms with Gasteiger partial charge in [-0.2, -0.15) is 0 Å². The summed E-state index contributed by atoms with van der Waals surface area (Å²) in [6.07, 6.45) is 1.20. The maximum Gasteiger partial charge on any atom is 0.338 e. The van der Waals surface area contributed by atoms with E-state index in [4.69, 9.17) is 25.8 Å². The first-order chi connectivity index (χ1) is 12.6. The second-order valence-electron chi connectivity index (χ2n) is 5.51. The van der Waals surface area contributed by atoms with Crippen LogP contribution in [0.1, 0.15) is 21.5 Å². The molecule has 1 aliphatic heterocycles. The van der Waals surface area contributed by atoms with Crippen molar-refractivity contribution in [3.63, 3.8) is 0 Å². The molecular weight excluding hydrogens is 358 g/mol. The summed E-state index contributed by atoms with van der Waals surface area (Å²) in [5, 5.41) is 3.08. The highest BCUT2D eigenvalue weighted by atomic mass is 35.5. The van der Waals surface area contributed by atoms with Crippen LogP contribution >= 0.6 is 11.6 Å². The Morgan fingerprint density at radius 1 is 1.19 bits per heavy atom. The third kappa shape index (κ3) is 4.15. The highest BCUT2D eigenvalue weighted by molar-refractivity contribution is 6.32. The fourth-order valence-electron chi connectivity index (χ4n) is 2.36. The van der Waals surface area contributed by atoms with E-state index in [0.717, 1.165) is 5.56 Å². The summed E-state index contributed by atoms with van der Waals surface area (Å²) >= 11 is 6.11. The lowest BCUT2D eigenvalue weighted by Crippen LogP contribution is -2.19. The Morgan fingerprint density at radius 3 is 2.69 bits per heavy atom. The average molecular weight is 374 g/mol. The number of rotatable bonds is 6. The number of carbonyl (C=O) groups excluding carboxylic acids is 2. The monoisotopic (exact) mass is 373 g/mol. The van der Waals surface area contributed by atoms with Gasteiger partial charge in [0.15, 0.2) is 11.5 Å². The molecule has 0 atom stereocenters. The van der Waals surface area contributed by atoms with Crippen molar-refractivity contribution in [2.24, 2.45) is 0 Å². The number of nitrogens with one attached hydrogen (secondary N) is 1. The Hall–Kier alpha value is -2.99. The maximum atomic E-state index is 12.2. The van der Waals surface area contributed by atoms with Crippen molar-refractivity contribution in [1.29, 1.82) is 0 Å². The molecule has 0 fully saturated rings. The molecule has 6 nitrogen and oxygen atoms in total. The van der Waals surface area contributed by atoms with Crippen molar-refractivity contribution < 1.29 is 23.8 Å². The lowest BCUT2D eigenvalue weighted by Gasteiger charge is -2.08. The van der Waals surface area contributed by atoms with Crippen molar-refractivity contribution in [2.45, 2.75) is 13.2 Å². The van der Waals surface area contributed by atoms with Crippen LogP contribution in [-0.4, -0.2) is 18.7 Å². The summed E-state index contributed by atoms with van der Waals surface area (Å²) in [5.74, 6) is 0.326. The smallest absolute Gasteiger partial charge is 0.338 e. The standard InChI is InChI=1S/C19H16ClNO5/c1-2-17(22)21-9-12-3-5-14(6-4-12)19(23)24-10-13-7-15(20)18-16(8-13)25-11-26-18/h2-8H,1,9-11H2,(H,21,22). The molecule has 0 bridgehead atoms. The summed E-state index contributed by atoms with van der Waals surface area (Å²) in [6.45, 7) is 3.93. The molecule has 2 aromatic carbocycles. The SMILES string of the molecule is C=CC(=O)NCc1ccc(C(=O)OCc2cc(Cl)c3c(c2)OCO3)cc1. The summed E-state index contributed by atoms with van der Waals surface area (Å²) in [6, 6.07) is 10.2. The number of ether oxygens (including phenoxy) is 3. The van der Waals surface area contributed by atoms with Gasteiger partial charge in [0, 0.05) is 6.54 Å². The predicted octanol–water partition coefficient (Wildman–Crippen LogP) is 3.23. The van der Waals surface area contributed by atoms with Crippen molar-refractivity contribution in [3.8, 4) is 11.5 Å². The molecule has 1 N–H and O–H groups in total. The van der Waals surface area contributed by atoms with E-state index in [1.54, 1.807) is 36.4 Å². The molecule has 1 amide bonds. The number of amides is 1. The largest absolute Gasteiger partial charge is 0.457 e. The number of hydrogen-bond donors (Lipinski definition) is 1. The normalized spacial score (nSPS) is 11.7. The van der Waals surface area contributed by atoms with E-state index in [1.165, 1.54) is 6.08 Å². The molecule has 0 unspecified atom stereocenters. The highest BCUT2D eigenvalue weighted by Crippen LogP contribution is 2.39. The van der Waals surface area contributed by atoms with E-state index < -0.39 is 5.97 Å². The molecule has 0 saturated carbocycles. The quantitative estimate of drug-likeness (QED) is 0.621. The van der Waals surface area contributed by atoms with Gasteiger partial charge < -0.3 is 19.5 Å². The zero-order valence-electron chi connectivity index (χ0n) is 13.8. The minimum Gasteiger partial charge on any atom is -0.457 e. The van der Waals surface area contributed by atoms with Gasteiger partial charge in [0.1, 0.15) is 6.61 Å². The van der Waals surface area contributed by atoms with Crippen LogP contribution in [0.3, 0.4) is 0 Å². The Morgan fingerprint density at radius 2 is 1.96 bits per heavy atom. The van der Waals surface area contributed by atoms with Gasteiger partial charge in [-0.25, -0.2) is 4.79 Å². The van der Waals surface area contributed by atoms with Gasteiger partial charge in [0.25, 0.3) is 0 Å². The third-order valence-corrected chi connectivity index (χ3v) is 3.98. The minimum atomic E-state index is -0.458. The lowest BCUT2D eigenvalue weighted by atomic mass is 10.1. The van der Waals surface area contributed by atoms with Crippen molar-refractivity contribution in [2.75, 3.05) is 6.79 Å². The average Bonchev–Trinajstić information content (AvgIpc) is 3.13. The van der Waals surface area contributed by atoms with Crippen LogP contribution in [0.2, 0.25) is 5.02 Å². The minimum absolute atomic E-state index is 0.0618. The number of benzene rings is 2. The van der Waals surface area contributed by atoms with Gasteiger partial charge in [-0.05, 0) is 41.5 Å². The Kier molecular flexibility index (Phi) is 5.43. The van der Waals surface area contributed by atoms with E-state index >= 15 is 0 Å². The summed E-state index contributed by atoms with van der Waals surface area (Å²) in [7, 11) is 0. The third-order valence-electron chi connectivity index (χ3n) is 3.70. The van der Waals surface area contributed by atoms with Crippen LogP contribution in [0.25, 0.3) is 0 Å². The van der Waals surface area contributed by atoms with E-state index in [0.29, 0.717) is 34.2 Å². The van der Waals surface area contributed by atoms with Crippen molar-refractivity contribution in [1.82, 2.24) is 5.32 Å². The molecular formula is C19H16ClNO5. The van der Waals surface area contributed by atoms with Gasteiger partial charge in [-0.3, -0.25) is 4.79 Å². The van der Waals surface area contributed by atoms with Crippen LogP contribution in [0, 0.1) is 0 Å². The second-order valence-corrected chi connectivity index (χ2v) is 5.91. The van der Waals surface area contributed by atoms with E-state index in [1.807, 2.05) is 0 Å². The lowest BCUT2D eigenvalue weighted by molar-refractivity contribution is -0.116. The molecule has 0 radical (unpaired) electrons. The molecule has 0 aromatic heterocycles.